The van der Waals surface area contributed by atoms with E-state index in [0.29, 0.717) is 67.0 Å². The third kappa shape index (κ3) is 4.80. The molecule has 2 atom stereocenters. The second-order valence-electron chi connectivity index (χ2n) is 10.7. The Morgan fingerprint density at radius 3 is 2.83 bits per heavy atom. The van der Waals surface area contributed by atoms with Gasteiger partial charge in [0.05, 0.1) is 36.6 Å². The Bertz CT molecular complexity index is 1830. The molecule has 1 aliphatic heterocycles. The van der Waals surface area contributed by atoms with E-state index in [1.54, 1.807) is 10.7 Å². The minimum absolute atomic E-state index is 0.156. The average Bonchev–Trinajstić information content (AvgIpc) is 3.75. The van der Waals surface area contributed by atoms with Crippen LogP contribution in [0.15, 0.2) is 44.4 Å². The maximum atomic E-state index is 12.8. The first-order valence-electron chi connectivity index (χ1n) is 14.1. The summed E-state index contributed by atoms with van der Waals surface area (Å²) < 4.78 is 19.0. The van der Waals surface area contributed by atoms with Gasteiger partial charge in [-0.15, -0.1) is 21.5 Å². The van der Waals surface area contributed by atoms with Crippen LogP contribution in [-0.4, -0.2) is 63.9 Å². The normalized spacial score (nSPS) is 19.5. The molecule has 2 aliphatic rings. The summed E-state index contributed by atoms with van der Waals surface area (Å²) in [7, 11) is 0. The van der Waals surface area contributed by atoms with E-state index in [1.807, 2.05) is 17.0 Å². The van der Waals surface area contributed by atoms with Gasteiger partial charge in [-0.05, 0) is 25.0 Å². The third-order valence-electron chi connectivity index (χ3n) is 8.02. The molecule has 1 aliphatic carbocycles. The van der Waals surface area contributed by atoms with Crippen molar-refractivity contribution in [2.24, 2.45) is 5.73 Å². The summed E-state index contributed by atoms with van der Waals surface area (Å²) in [5.74, 6) is 0.435. The largest absolute Gasteiger partial charge is 0.456 e. The Balaban J connectivity index is 1.23. The van der Waals surface area contributed by atoms with Gasteiger partial charge in [0, 0.05) is 35.7 Å². The first-order valence-corrected chi connectivity index (χ1v) is 14.9. The molecule has 7 rings (SSSR count). The van der Waals surface area contributed by atoms with Crippen LogP contribution < -0.4 is 27.1 Å². The molecule has 1 amide bonds. The van der Waals surface area contributed by atoms with Gasteiger partial charge in [0.15, 0.2) is 17.1 Å². The Hall–Kier alpha value is -4.27. The summed E-state index contributed by atoms with van der Waals surface area (Å²) in [4.78, 5) is 34.1. The quantitative estimate of drug-likeness (QED) is 0.253. The van der Waals surface area contributed by atoms with Crippen molar-refractivity contribution in [3.05, 3.63) is 57.1 Å². The van der Waals surface area contributed by atoms with Crippen molar-refractivity contribution >= 4 is 45.9 Å². The molecule has 13 nitrogen and oxygen atoms in total. The Kier molecular flexibility index (Phi) is 6.88. The van der Waals surface area contributed by atoms with E-state index in [1.165, 1.54) is 23.7 Å². The highest BCUT2D eigenvalue weighted by atomic mass is 32.1. The molecule has 0 aromatic carbocycles. The van der Waals surface area contributed by atoms with Gasteiger partial charge in [0.25, 0.3) is 5.91 Å². The van der Waals surface area contributed by atoms with Crippen molar-refractivity contribution in [2.45, 2.75) is 44.2 Å². The van der Waals surface area contributed by atoms with Gasteiger partial charge in [-0.25, -0.2) is 4.98 Å². The number of primary amides is 1. The van der Waals surface area contributed by atoms with Crippen LogP contribution in [-0.2, 0) is 11.2 Å². The summed E-state index contributed by atoms with van der Waals surface area (Å²) in [5.41, 5.74) is 12.3. The minimum atomic E-state index is -0.621. The van der Waals surface area contributed by atoms with Crippen LogP contribution in [0.4, 0.5) is 11.8 Å². The standard InChI is InChI=1S/C28H30N8O5S/c29-17-3-1-2-4-18(17)32-28-33-19(23(26(30)38)27-34-31-14-36(27)28)11-15-5-6-21(42-15)16-13-40-25-20(37)12-22(41-24(16)25)35-7-9-39-10-8-35/h5-6,12-14,17-18H,1-4,7-11,29H2,(H2,30,38)(H,32,33)/p+1/t17-,18+/m1/s1. The van der Waals surface area contributed by atoms with Crippen LogP contribution in [0.1, 0.15) is 46.6 Å². The van der Waals surface area contributed by atoms with Crippen molar-refractivity contribution in [1.82, 2.24) is 19.6 Å². The van der Waals surface area contributed by atoms with Crippen LogP contribution in [0.2, 0.25) is 0 Å². The zero-order valence-electron chi connectivity index (χ0n) is 22.9. The monoisotopic (exact) mass is 591 g/mol. The number of hydrogen-bond donors (Lipinski definition) is 3. The number of amides is 1. The zero-order valence-corrected chi connectivity index (χ0v) is 23.7. The smallest absolute Gasteiger partial charge is 0.254 e. The molecule has 1 saturated heterocycles. The molecule has 218 valence electrons. The van der Waals surface area contributed by atoms with Gasteiger partial charge in [-0.3, -0.25) is 14.0 Å². The molecule has 42 heavy (non-hydrogen) atoms. The van der Waals surface area contributed by atoms with E-state index in [9.17, 15) is 9.59 Å². The number of aromatic nitrogens is 4. The molecule has 0 spiro atoms. The summed E-state index contributed by atoms with van der Waals surface area (Å²) in [5, 5.41) is 11.8. The van der Waals surface area contributed by atoms with E-state index >= 15 is 0 Å². The van der Waals surface area contributed by atoms with Crippen molar-refractivity contribution in [2.75, 3.05) is 36.5 Å². The molecule has 5 aromatic heterocycles. The fourth-order valence-electron chi connectivity index (χ4n) is 5.80. The SMILES string of the molecule is NC(=O)c1c(Cc2ccc(-c3coc4c(=O)cc(N5CCOCC5)oc34)s2)nc(N[C@H]2CCCC[C@H]2[NH3+])n2cnnc12. The Morgan fingerprint density at radius 1 is 1.19 bits per heavy atom. The molecule has 0 unspecified atom stereocenters. The van der Waals surface area contributed by atoms with Crippen LogP contribution in [0.3, 0.4) is 0 Å². The van der Waals surface area contributed by atoms with Crippen LogP contribution in [0.5, 0.6) is 0 Å². The van der Waals surface area contributed by atoms with E-state index in [-0.39, 0.29) is 28.7 Å². The molecule has 1 saturated carbocycles. The second kappa shape index (κ2) is 10.9. The predicted octanol–water partition coefficient (Wildman–Crippen LogP) is 2.04. The number of morpholine rings is 1. The zero-order chi connectivity index (χ0) is 28.8. The number of nitrogens with one attached hydrogen (secondary N) is 1. The number of ether oxygens (including phenoxy) is 1. The number of nitrogens with zero attached hydrogens (tertiary/aromatic N) is 5. The number of anilines is 2. The number of carbonyl (C=O) groups is 1. The van der Waals surface area contributed by atoms with E-state index in [2.05, 4.69) is 21.2 Å². The summed E-state index contributed by atoms with van der Waals surface area (Å²) in [6.07, 6.45) is 7.75. The lowest BCUT2D eigenvalue weighted by atomic mass is 9.91. The first kappa shape index (κ1) is 26.6. The summed E-state index contributed by atoms with van der Waals surface area (Å²) >= 11 is 1.50. The number of furan rings is 1. The lowest BCUT2D eigenvalue weighted by Gasteiger charge is -2.27. The molecular weight excluding hydrogens is 560 g/mol. The second-order valence-corrected chi connectivity index (χ2v) is 11.9. The fraction of sp³-hybridized carbons (Fsp3) is 0.393. The molecule has 6 N–H and O–H groups in total. The van der Waals surface area contributed by atoms with Gasteiger partial charge in [-0.2, -0.15) is 0 Å². The topological polar surface area (TPSA) is 182 Å². The highest BCUT2D eigenvalue weighted by Gasteiger charge is 2.28. The first-order chi connectivity index (χ1) is 20.5. The Morgan fingerprint density at radius 2 is 2.02 bits per heavy atom. The van der Waals surface area contributed by atoms with Crippen LogP contribution >= 0.6 is 11.3 Å². The molecule has 5 aromatic rings. The number of rotatable bonds is 7. The van der Waals surface area contributed by atoms with Gasteiger partial charge in [-0.1, -0.05) is 6.42 Å². The average molecular weight is 592 g/mol. The Labute approximate surface area is 243 Å². The van der Waals surface area contributed by atoms with Crippen LogP contribution in [0, 0.1) is 0 Å². The highest BCUT2D eigenvalue weighted by molar-refractivity contribution is 7.15. The predicted molar refractivity (Wildman–Crippen MR) is 156 cm³/mol. The summed E-state index contributed by atoms with van der Waals surface area (Å²) in [6, 6.07) is 5.78. The van der Waals surface area contributed by atoms with Crippen molar-refractivity contribution in [3.63, 3.8) is 0 Å². The number of nitrogens with two attached hydrogens (primary N) is 1. The molecule has 2 fully saturated rings. The number of carbonyl (C=O) groups excluding carboxylic acids is 1. The van der Waals surface area contributed by atoms with Crippen molar-refractivity contribution in [3.8, 4) is 10.4 Å². The van der Waals surface area contributed by atoms with Gasteiger partial charge >= 0.3 is 0 Å². The lowest BCUT2D eigenvalue weighted by Crippen LogP contribution is -2.68. The fourth-order valence-corrected chi connectivity index (χ4v) is 6.81. The van der Waals surface area contributed by atoms with E-state index < -0.39 is 5.91 Å². The van der Waals surface area contributed by atoms with Crippen molar-refractivity contribution in [1.29, 1.82) is 0 Å². The van der Waals surface area contributed by atoms with Crippen LogP contribution in [0.25, 0.3) is 27.3 Å². The van der Waals surface area contributed by atoms with Gasteiger partial charge in [0.2, 0.25) is 17.0 Å². The maximum Gasteiger partial charge on any atom is 0.254 e. The number of fused-ring (bicyclic) bond motifs is 2. The number of thiophene rings is 1. The molecular formula is C28H31N8O5S+. The minimum Gasteiger partial charge on any atom is -0.456 e. The molecule has 6 heterocycles. The lowest BCUT2D eigenvalue weighted by molar-refractivity contribution is -0.427. The van der Waals surface area contributed by atoms with Crippen molar-refractivity contribution < 1.29 is 24.1 Å². The van der Waals surface area contributed by atoms with Gasteiger partial charge < -0.3 is 35.3 Å². The number of quaternary nitrogens is 1. The maximum absolute atomic E-state index is 12.8. The molecule has 0 radical (unpaired) electrons. The molecule has 14 heteroatoms. The van der Waals surface area contributed by atoms with E-state index in [4.69, 9.17) is 24.3 Å². The number of hydrogen-bond acceptors (Lipinski definition) is 11. The molecule has 0 bridgehead atoms. The third-order valence-corrected chi connectivity index (χ3v) is 9.14. The summed E-state index contributed by atoms with van der Waals surface area (Å²) in [6.45, 7) is 2.43. The van der Waals surface area contributed by atoms with E-state index in [0.717, 1.165) is 35.4 Å². The van der Waals surface area contributed by atoms with Gasteiger partial charge in [0.1, 0.15) is 24.2 Å². The highest BCUT2D eigenvalue weighted by Crippen LogP contribution is 2.37.